The van der Waals surface area contributed by atoms with Crippen LogP contribution in [0.15, 0.2) is 24.4 Å². The van der Waals surface area contributed by atoms with E-state index in [0.717, 1.165) is 42.6 Å². The third-order valence-electron chi connectivity index (χ3n) is 6.49. The van der Waals surface area contributed by atoms with Crippen molar-refractivity contribution in [2.45, 2.75) is 49.3 Å². The van der Waals surface area contributed by atoms with Gasteiger partial charge in [0.15, 0.2) is 5.65 Å². The molecule has 0 aliphatic heterocycles. The van der Waals surface area contributed by atoms with Crippen LogP contribution in [0, 0.1) is 17.3 Å². The summed E-state index contributed by atoms with van der Waals surface area (Å²) in [4.78, 5) is 13.1. The zero-order chi connectivity index (χ0) is 17.1. The quantitative estimate of drug-likeness (QED) is 0.799. The molecule has 4 bridgehead atoms. The second kappa shape index (κ2) is 5.53. The van der Waals surface area contributed by atoms with Gasteiger partial charge in [-0.1, -0.05) is 22.0 Å². The zero-order valence-electron chi connectivity index (χ0n) is 14.2. The van der Waals surface area contributed by atoms with Crippen LogP contribution in [0.3, 0.4) is 0 Å². The zero-order valence-corrected chi connectivity index (χ0v) is 15.8. The molecule has 4 saturated carbocycles. The fourth-order valence-corrected chi connectivity index (χ4v) is 7.41. The predicted molar refractivity (Wildman–Crippen MR) is 98.5 cm³/mol. The van der Waals surface area contributed by atoms with Gasteiger partial charge in [-0.2, -0.15) is 0 Å². The van der Waals surface area contributed by atoms with Crippen LogP contribution >= 0.6 is 15.9 Å². The molecule has 4 aliphatic rings. The molecule has 6 heteroatoms. The van der Waals surface area contributed by atoms with Crippen molar-refractivity contribution in [1.82, 2.24) is 19.9 Å². The van der Waals surface area contributed by atoms with Crippen LogP contribution in [-0.4, -0.2) is 31.4 Å². The number of carbonyl (C=O) groups excluding carboxylic acids is 1. The number of hydrogen-bond acceptors (Lipinski definition) is 3. The van der Waals surface area contributed by atoms with Gasteiger partial charge in [0.05, 0.1) is 5.41 Å². The van der Waals surface area contributed by atoms with Gasteiger partial charge in [0.25, 0.3) is 0 Å². The van der Waals surface area contributed by atoms with Crippen molar-refractivity contribution in [2.75, 3.05) is 6.54 Å². The molecule has 1 amide bonds. The number of halogens is 1. The van der Waals surface area contributed by atoms with Gasteiger partial charge in [-0.25, -0.2) is 0 Å². The molecule has 2 heterocycles. The minimum atomic E-state index is -0.138. The lowest BCUT2D eigenvalue weighted by Gasteiger charge is -2.59. The van der Waals surface area contributed by atoms with Crippen LogP contribution in [0.4, 0.5) is 0 Å². The highest BCUT2D eigenvalue weighted by Crippen LogP contribution is 2.64. The average molecular weight is 403 g/mol. The van der Waals surface area contributed by atoms with Gasteiger partial charge >= 0.3 is 0 Å². The van der Waals surface area contributed by atoms with E-state index < -0.39 is 0 Å². The van der Waals surface area contributed by atoms with Crippen molar-refractivity contribution in [3.05, 3.63) is 30.2 Å². The number of nitrogens with one attached hydrogen (secondary N) is 1. The maximum absolute atomic E-state index is 13.1. The van der Waals surface area contributed by atoms with Gasteiger partial charge in [0.2, 0.25) is 5.91 Å². The van der Waals surface area contributed by atoms with Crippen LogP contribution in [0.2, 0.25) is 0 Å². The summed E-state index contributed by atoms with van der Waals surface area (Å²) in [5.41, 5.74) is 0.715. The van der Waals surface area contributed by atoms with E-state index in [1.807, 2.05) is 28.8 Å². The van der Waals surface area contributed by atoms with Gasteiger partial charge in [0.1, 0.15) is 5.82 Å². The predicted octanol–water partition coefficient (Wildman–Crippen LogP) is 3.12. The first kappa shape index (κ1) is 15.8. The molecular weight excluding hydrogens is 380 g/mol. The molecule has 2 aromatic heterocycles. The van der Waals surface area contributed by atoms with Crippen LogP contribution in [0.5, 0.6) is 0 Å². The van der Waals surface area contributed by atoms with Gasteiger partial charge in [0, 0.05) is 23.5 Å². The Morgan fingerprint density at radius 3 is 2.80 bits per heavy atom. The van der Waals surface area contributed by atoms with Crippen LogP contribution in [0.25, 0.3) is 5.65 Å². The number of hydrogen-bond donors (Lipinski definition) is 1. The number of amides is 1. The summed E-state index contributed by atoms with van der Waals surface area (Å²) < 4.78 is 2.21. The molecule has 1 N–H and O–H groups in total. The maximum atomic E-state index is 13.1. The average Bonchev–Trinajstić information content (AvgIpc) is 2.96. The van der Waals surface area contributed by atoms with Crippen molar-refractivity contribution in [1.29, 1.82) is 0 Å². The highest BCUT2D eigenvalue weighted by molar-refractivity contribution is 9.10. The van der Waals surface area contributed by atoms with Gasteiger partial charge in [-0.15, -0.1) is 10.2 Å². The highest BCUT2D eigenvalue weighted by Gasteiger charge is 2.59. The lowest BCUT2D eigenvalue weighted by Crippen LogP contribution is -2.58. The number of nitrogens with zero attached hydrogens (tertiary/aromatic N) is 3. The van der Waals surface area contributed by atoms with Crippen LogP contribution < -0.4 is 5.32 Å². The molecule has 5 nitrogen and oxygen atoms in total. The molecule has 2 aromatic rings. The Morgan fingerprint density at radius 2 is 2.04 bits per heavy atom. The Kier molecular flexibility index (Phi) is 3.50. The normalized spacial score (nSPS) is 36.0. The summed E-state index contributed by atoms with van der Waals surface area (Å²) in [6.07, 6.45) is 9.68. The van der Waals surface area contributed by atoms with E-state index in [4.69, 9.17) is 0 Å². The Morgan fingerprint density at radius 1 is 1.24 bits per heavy atom. The minimum absolute atomic E-state index is 0.138. The molecule has 4 aliphatic carbocycles. The summed E-state index contributed by atoms with van der Waals surface area (Å²) in [5.74, 6) is 2.62. The van der Waals surface area contributed by atoms with Crippen molar-refractivity contribution >= 4 is 27.5 Å². The van der Waals surface area contributed by atoms with Crippen molar-refractivity contribution in [3.8, 4) is 0 Å². The summed E-state index contributed by atoms with van der Waals surface area (Å²) in [5, 5.41) is 11.6. The largest absolute Gasteiger partial charge is 0.355 e. The molecule has 0 aromatic carbocycles. The highest BCUT2D eigenvalue weighted by atomic mass is 79.9. The third-order valence-corrected chi connectivity index (χ3v) is 7.42. The van der Waals surface area contributed by atoms with E-state index in [1.54, 1.807) is 0 Å². The second-order valence-corrected chi connectivity index (χ2v) is 10.1. The van der Waals surface area contributed by atoms with Gasteiger partial charge in [-0.05, 0) is 62.5 Å². The van der Waals surface area contributed by atoms with E-state index >= 15 is 0 Å². The van der Waals surface area contributed by atoms with E-state index in [2.05, 4.69) is 31.4 Å². The second-order valence-electron chi connectivity index (χ2n) is 8.44. The Bertz CT molecular complexity index is 818. The SMILES string of the molecule is O=C(NCCc1nnc2ccccn12)C12CC3CC(CC(Br)(C3)C1)C2. The minimum Gasteiger partial charge on any atom is -0.355 e. The van der Waals surface area contributed by atoms with E-state index in [9.17, 15) is 4.79 Å². The molecule has 2 atom stereocenters. The number of alkyl halides is 1. The van der Waals surface area contributed by atoms with E-state index in [-0.39, 0.29) is 15.6 Å². The fourth-order valence-electron chi connectivity index (χ4n) is 5.95. The summed E-state index contributed by atoms with van der Waals surface area (Å²) in [6, 6.07) is 5.88. The van der Waals surface area contributed by atoms with E-state index in [0.29, 0.717) is 13.0 Å². The van der Waals surface area contributed by atoms with Gasteiger partial charge in [-0.3, -0.25) is 9.20 Å². The van der Waals surface area contributed by atoms with Crippen molar-refractivity contribution < 1.29 is 4.79 Å². The molecule has 0 spiro atoms. The lowest BCUT2D eigenvalue weighted by molar-refractivity contribution is -0.144. The molecular formula is C19H23BrN4O. The standard InChI is InChI=1S/C19H23BrN4O/c20-19-10-13-7-14(11-19)9-18(8-13,12-19)17(25)21-5-4-16-23-22-15-3-1-2-6-24(15)16/h1-3,6,13-14H,4-5,7-12H2,(H,21,25). The van der Waals surface area contributed by atoms with Crippen molar-refractivity contribution in [2.24, 2.45) is 17.3 Å². The van der Waals surface area contributed by atoms with Crippen LogP contribution in [0.1, 0.15) is 44.3 Å². The van der Waals surface area contributed by atoms with Crippen LogP contribution in [-0.2, 0) is 11.2 Å². The smallest absolute Gasteiger partial charge is 0.226 e. The topological polar surface area (TPSA) is 59.3 Å². The monoisotopic (exact) mass is 402 g/mol. The first-order valence-corrected chi connectivity index (χ1v) is 10.1. The number of carbonyl (C=O) groups is 1. The fraction of sp³-hybridized carbons (Fsp3) is 0.632. The summed E-state index contributed by atoms with van der Waals surface area (Å²) in [6.45, 7) is 0.626. The Balaban J connectivity index is 1.27. The van der Waals surface area contributed by atoms with Gasteiger partial charge < -0.3 is 5.32 Å². The number of pyridine rings is 1. The third kappa shape index (κ3) is 2.60. The molecule has 0 radical (unpaired) electrons. The first-order valence-electron chi connectivity index (χ1n) is 9.31. The summed E-state index contributed by atoms with van der Waals surface area (Å²) in [7, 11) is 0. The Labute approximate surface area is 155 Å². The lowest BCUT2D eigenvalue weighted by atomic mass is 9.49. The molecule has 0 saturated heterocycles. The molecule has 132 valence electrons. The Hall–Kier alpha value is -1.43. The first-order chi connectivity index (χ1) is 12.1. The van der Waals surface area contributed by atoms with E-state index in [1.165, 1.54) is 19.3 Å². The number of rotatable bonds is 4. The molecule has 25 heavy (non-hydrogen) atoms. The molecule has 2 unspecified atom stereocenters. The maximum Gasteiger partial charge on any atom is 0.226 e. The summed E-state index contributed by atoms with van der Waals surface area (Å²) >= 11 is 3.99. The number of fused-ring (bicyclic) bond motifs is 1. The molecule has 6 rings (SSSR count). The van der Waals surface area contributed by atoms with Crippen molar-refractivity contribution in [3.63, 3.8) is 0 Å². The number of aromatic nitrogens is 3. The molecule has 4 fully saturated rings.